The van der Waals surface area contributed by atoms with Gasteiger partial charge in [0, 0.05) is 24.9 Å². The molecule has 2 amide bonds. The van der Waals surface area contributed by atoms with Gasteiger partial charge in [-0.2, -0.15) is 0 Å². The highest BCUT2D eigenvalue weighted by atomic mass is 19.3. The fourth-order valence-corrected chi connectivity index (χ4v) is 3.88. The lowest BCUT2D eigenvalue weighted by Crippen LogP contribution is -2.46. The van der Waals surface area contributed by atoms with Crippen LogP contribution in [0.15, 0.2) is 41.1 Å². The van der Waals surface area contributed by atoms with Crippen molar-refractivity contribution in [2.75, 3.05) is 13.6 Å². The molecule has 1 saturated heterocycles. The second-order valence-corrected chi connectivity index (χ2v) is 7.85. The molecule has 0 spiro atoms. The highest BCUT2D eigenvalue weighted by Gasteiger charge is 2.68. The van der Waals surface area contributed by atoms with Gasteiger partial charge in [0.15, 0.2) is 17.3 Å². The molecule has 1 atom stereocenters. The Hall–Kier alpha value is -4.26. The van der Waals surface area contributed by atoms with Crippen molar-refractivity contribution in [3.8, 4) is 22.6 Å². The normalized spacial score (nSPS) is 19.8. The lowest BCUT2D eigenvalue weighted by atomic mass is 9.94. The fourth-order valence-electron chi connectivity index (χ4n) is 3.88. The lowest BCUT2D eigenvalue weighted by Gasteiger charge is -2.22. The minimum Gasteiger partial charge on any atom is -0.368 e. The SMILES string of the molecule is CN1CC(F)(F)C(O)(c2cc(-c3ccc(F)c(-c4nc(C(N)=O)c5[nH]ccc5n4)c3)no2)C1=O. The maximum absolute atomic E-state index is 14.7. The van der Waals surface area contributed by atoms with Gasteiger partial charge in [-0.3, -0.25) is 9.59 Å². The summed E-state index contributed by atoms with van der Waals surface area (Å²) in [6.07, 6.45) is 1.52. The molecule has 34 heavy (non-hydrogen) atoms. The second-order valence-electron chi connectivity index (χ2n) is 7.85. The number of benzene rings is 1. The monoisotopic (exact) mass is 472 g/mol. The number of hydrogen-bond acceptors (Lipinski definition) is 7. The molecule has 3 aromatic heterocycles. The number of hydrogen-bond donors (Lipinski definition) is 3. The third kappa shape index (κ3) is 2.97. The quantitative estimate of drug-likeness (QED) is 0.410. The third-order valence-electron chi connectivity index (χ3n) is 5.63. The van der Waals surface area contributed by atoms with Gasteiger partial charge in [-0.25, -0.2) is 23.1 Å². The summed E-state index contributed by atoms with van der Waals surface area (Å²) in [5.41, 5.74) is 2.62. The third-order valence-corrected chi connectivity index (χ3v) is 5.63. The number of nitrogens with zero attached hydrogens (tertiary/aromatic N) is 4. The summed E-state index contributed by atoms with van der Waals surface area (Å²) in [7, 11) is 1.12. The van der Waals surface area contributed by atoms with Crippen LogP contribution in [0.4, 0.5) is 13.2 Å². The highest BCUT2D eigenvalue weighted by molar-refractivity contribution is 6.02. The number of alkyl halides is 2. The van der Waals surface area contributed by atoms with Gasteiger partial charge < -0.3 is 25.2 Å². The van der Waals surface area contributed by atoms with Crippen molar-refractivity contribution in [3.05, 3.63) is 53.8 Å². The molecule has 0 radical (unpaired) electrons. The Labute approximate surface area is 188 Å². The Balaban J connectivity index is 1.59. The molecule has 10 nitrogen and oxygen atoms in total. The van der Waals surface area contributed by atoms with E-state index in [0.717, 1.165) is 19.2 Å². The molecule has 1 aromatic carbocycles. The number of H-pyrrole nitrogens is 1. The summed E-state index contributed by atoms with van der Waals surface area (Å²) >= 11 is 0. The van der Waals surface area contributed by atoms with Crippen LogP contribution in [0, 0.1) is 5.82 Å². The van der Waals surface area contributed by atoms with E-state index in [2.05, 4.69) is 20.1 Å². The highest BCUT2D eigenvalue weighted by Crippen LogP contribution is 2.45. The maximum atomic E-state index is 14.7. The Kier molecular flexibility index (Phi) is 4.52. The zero-order valence-corrected chi connectivity index (χ0v) is 17.3. The van der Waals surface area contributed by atoms with E-state index in [1.165, 1.54) is 18.3 Å². The van der Waals surface area contributed by atoms with Crippen LogP contribution in [0.5, 0.6) is 0 Å². The van der Waals surface area contributed by atoms with E-state index >= 15 is 0 Å². The molecule has 5 rings (SSSR count). The van der Waals surface area contributed by atoms with Crippen molar-refractivity contribution < 1.29 is 32.4 Å². The number of nitrogens with two attached hydrogens (primary N) is 1. The number of fused-ring (bicyclic) bond motifs is 1. The topological polar surface area (TPSA) is 151 Å². The van der Waals surface area contributed by atoms with Gasteiger partial charge in [-0.15, -0.1) is 0 Å². The molecule has 1 fully saturated rings. The summed E-state index contributed by atoms with van der Waals surface area (Å²) in [5.74, 6) is -7.57. The van der Waals surface area contributed by atoms with Gasteiger partial charge in [0.05, 0.1) is 23.1 Å². The molecular formula is C21H15F3N6O4. The summed E-state index contributed by atoms with van der Waals surface area (Å²) in [5, 5.41) is 14.2. The number of nitrogens with one attached hydrogen (secondary N) is 1. The fraction of sp³-hybridized carbons (Fsp3) is 0.190. The molecule has 0 aliphatic carbocycles. The maximum Gasteiger partial charge on any atom is 0.309 e. The number of rotatable bonds is 4. The Morgan fingerprint density at radius 2 is 2.03 bits per heavy atom. The van der Waals surface area contributed by atoms with Crippen LogP contribution in [0.2, 0.25) is 0 Å². The number of primary amides is 1. The van der Waals surface area contributed by atoms with Crippen molar-refractivity contribution in [1.82, 2.24) is 25.0 Å². The molecule has 0 bridgehead atoms. The molecule has 174 valence electrons. The van der Waals surface area contributed by atoms with E-state index in [1.807, 2.05) is 0 Å². The standard InChI is InChI=1S/C21H15F3N6O4/c1-30-8-20(23,24)21(33,19(30)32)14-7-13(29-34-14)9-2-3-11(22)10(6-9)18-27-12-4-5-26-15(12)16(28-18)17(25)31/h2-7,26,33H,8H2,1H3,(H2,25,31). The van der Waals surface area contributed by atoms with Crippen molar-refractivity contribution in [1.29, 1.82) is 0 Å². The van der Waals surface area contributed by atoms with Crippen LogP contribution >= 0.6 is 0 Å². The minimum absolute atomic E-state index is 0.0549. The minimum atomic E-state index is -3.82. The van der Waals surface area contributed by atoms with Crippen LogP contribution < -0.4 is 5.73 Å². The first-order valence-corrected chi connectivity index (χ1v) is 9.81. The van der Waals surface area contributed by atoms with Gasteiger partial charge in [-0.05, 0) is 24.3 Å². The molecule has 1 aliphatic rings. The van der Waals surface area contributed by atoms with Gasteiger partial charge >= 0.3 is 5.92 Å². The molecular weight excluding hydrogens is 457 g/mol. The number of carbonyl (C=O) groups is 2. The first-order chi connectivity index (χ1) is 16.0. The Bertz CT molecular complexity index is 1480. The van der Waals surface area contributed by atoms with E-state index in [4.69, 9.17) is 10.3 Å². The number of likely N-dealkylation sites (tertiary alicyclic amines) is 1. The smallest absolute Gasteiger partial charge is 0.309 e. The Morgan fingerprint density at radius 1 is 1.26 bits per heavy atom. The lowest BCUT2D eigenvalue weighted by molar-refractivity contribution is -0.179. The van der Waals surface area contributed by atoms with Crippen LogP contribution in [0.3, 0.4) is 0 Å². The number of likely N-dealkylation sites (N-methyl/N-ethyl adjacent to an activating group) is 1. The van der Waals surface area contributed by atoms with E-state index in [1.54, 1.807) is 6.07 Å². The number of amides is 2. The summed E-state index contributed by atoms with van der Waals surface area (Å²) < 4.78 is 48.5. The zero-order chi connectivity index (χ0) is 24.4. The predicted octanol–water partition coefficient (Wildman–Crippen LogP) is 1.81. The Morgan fingerprint density at radius 3 is 2.71 bits per heavy atom. The number of aromatic nitrogens is 4. The molecule has 4 N–H and O–H groups in total. The zero-order valence-electron chi connectivity index (χ0n) is 17.3. The van der Waals surface area contributed by atoms with Gasteiger partial charge in [-0.1, -0.05) is 5.16 Å². The summed E-state index contributed by atoms with van der Waals surface area (Å²) in [6.45, 7) is -1.000. The average Bonchev–Trinajstić information content (AvgIpc) is 3.49. The summed E-state index contributed by atoms with van der Waals surface area (Å²) in [4.78, 5) is 35.8. The van der Waals surface area contributed by atoms with Gasteiger partial charge in [0.2, 0.25) is 0 Å². The average molecular weight is 472 g/mol. The number of halogens is 3. The van der Waals surface area contributed by atoms with Crippen LogP contribution in [0.1, 0.15) is 16.2 Å². The van der Waals surface area contributed by atoms with Gasteiger partial charge in [0.1, 0.15) is 11.5 Å². The summed E-state index contributed by atoms with van der Waals surface area (Å²) in [6, 6.07) is 6.14. The molecule has 1 aliphatic heterocycles. The number of aliphatic hydroxyl groups is 1. The largest absolute Gasteiger partial charge is 0.368 e. The number of aromatic amines is 1. The molecule has 4 heterocycles. The van der Waals surface area contributed by atoms with E-state index < -0.39 is 41.5 Å². The number of carbonyl (C=O) groups excluding carboxylic acids is 2. The van der Waals surface area contributed by atoms with E-state index in [-0.39, 0.29) is 33.9 Å². The van der Waals surface area contributed by atoms with Crippen LogP contribution in [-0.4, -0.2) is 61.4 Å². The molecule has 1 unspecified atom stereocenters. The first-order valence-electron chi connectivity index (χ1n) is 9.81. The van der Waals surface area contributed by atoms with Crippen LogP contribution in [-0.2, 0) is 10.4 Å². The second kappa shape index (κ2) is 7.12. The van der Waals surface area contributed by atoms with Crippen molar-refractivity contribution >= 4 is 22.8 Å². The van der Waals surface area contributed by atoms with E-state index in [9.17, 15) is 27.9 Å². The van der Waals surface area contributed by atoms with Crippen molar-refractivity contribution in [3.63, 3.8) is 0 Å². The predicted molar refractivity (Wildman–Crippen MR) is 110 cm³/mol. The van der Waals surface area contributed by atoms with Crippen molar-refractivity contribution in [2.45, 2.75) is 11.5 Å². The molecule has 4 aromatic rings. The molecule has 13 heteroatoms. The van der Waals surface area contributed by atoms with Crippen LogP contribution in [0.25, 0.3) is 33.7 Å². The van der Waals surface area contributed by atoms with E-state index in [0.29, 0.717) is 10.4 Å². The van der Waals surface area contributed by atoms with Crippen molar-refractivity contribution in [2.24, 2.45) is 5.73 Å². The first kappa shape index (κ1) is 21.6. The van der Waals surface area contributed by atoms with Gasteiger partial charge in [0.25, 0.3) is 17.4 Å². The molecule has 0 saturated carbocycles.